The summed E-state index contributed by atoms with van der Waals surface area (Å²) in [5, 5.41) is 9.49. The molecule has 1 amide bonds. The average Bonchev–Trinajstić information content (AvgIpc) is 2.52. The molecule has 0 spiro atoms. The second-order valence-corrected chi connectivity index (χ2v) is 7.95. The quantitative estimate of drug-likeness (QED) is 0.637. The number of ether oxygens (including phenoxy) is 1. The third-order valence-electron chi connectivity index (χ3n) is 4.46. The zero-order chi connectivity index (χ0) is 18.9. The van der Waals surface area contributed by atoms with Crippen molar-refractivity contribution in [2.45, 2.75) is 84.3 Å². The molecule has 1 N–H and O–H groups in total. The molecule has 6 heteroatoms. The van der Waals surface area contributed by atoms with Crippen LogP contribution in [0.15, 0.2) is 0 Å². The van der Waals surface area contributed by atoms with Crippen molar-refractivity contribution in [2.24, 2.45) is 0 Å². The minimum atomic E-state index is -0.963. The molecule has 1 aliphatic rings. The Labute approximate surface area is 152 Å². The van der Waals surface area contributed by atoms with Gasteiger partial charge in [0.25, 0.3) is 0 Å². The number of amides is 1. The highest BCUT2D eigenvalue weighted by molar-refractivity contribution is 5.80. The van der Waals surface area contributed by atoms with E-state index in [1.165, 1.54) is 43.4 Å². The van der Waals surface area contributed by atoms with Crippen molar-refractivity contribution < 1.29 is 19.4 Å². The van der Waals surface area contributed by atoms with Gasteiger partial charge in [0.2, 0.25) is 0 Å². The number of carbonyl (C=O) groups excluding carboxylic acids is 1. The first-order valence-corrected chi connectivity index (χ1v) is 9.69. The minimum Gasteiger partial charge on any atom is -0.480 e. The minimum absolute atomic E-state index is 0.379. The molecule has 1 heterocycles. The van der Waals surface area contributed by atoms with Gasteiger partial charge in [0.15, 0.2) is 0 Å². The predicted molar refractivity (Wildman–Crippen MR) is 98.8 cm³/mol. The Hall–Kier alpha value is -1.30. The summed E-state index contributed by atoms with van der Waals surface area (Å²) in [5.74, 6) is -0.963. The number of carbonyl (C=O) groups is 2. The molecule has 0 bridgehead atoms. The Morgan fingerprint density at radius 3 is 2.20 bits per heavy atom. The summed E-state index contributed by atoms with van der Waals surface area (Å²) >= 11 is 0. The topological polar surface area (TPSA) is 70.1 Å². The largest absolute Gasteiger partial charge is 0.480 e. The van der Waals surface area contributed by atoms with Gasteiger partial charge in [-0.05, 0) is 33.7 Å². The highest BCUT2D eigenvalue weighted by Crippen LogP contribution is 2.17. The van der Waals surface area contributed by atoms with Gasteiger partial charge in [-0.15, -0.1) is 0 Å². The van der Waals surface area contributed by atoms with Crippen LogP contribution in [0.4, 0.5) is 4.79 Å². The summed E-state index contributed by atoms with van der Waals surface area (Å²) in [6.07, 6.45) is 8.17. The molecule has 6 nitrogen and oxygen atoms in total. The highest BCUT2D eigenvalue weighted by Gasteiger charge is 2.37. The first kappa shape index (κ1) is 21.7. The van der Waals surface area contributed by atoms with Crippen molar-refractivity contribution in [1.29, 1.82) is 0 Å². The van der Waals surface area contributed by atoms with Crippen LogP contribution in [0.3, 0.4) is 0 Å². The molecule has 1 fully saturated rings. The zero-order valence-corrected chi connectivity index (χ0v) is 16.4. The lowest BCUT2D eigenvalue weighted by Crippen LogP contribution is -2.59. The van der Waals surface area contributed by atoms with Crippen LogP contribution in [0.25, 0.3) is 0 Å². The van der Waals surface area contributed by atoms with E-state index in [2.05, 4.69) is 11.8 Å². The molecule has 1 saturated heterocycles. The number of aliphatic carboxylic acids is 1. The second kappa shape index (κ2) is 10.6. The number of hydrogen-bond donors (Lipinski definition) is 1. The molecule has 146 valence electrons. The summed E-state index contributed by atoms with van der Waals surface area (Å²) in [5.41, 5.74) is -0.616. The molecule has 0 saturated carbocycles. The molecule has 1 rings (SSSR count). The zero-order valence-electron chi connectivity index (χ0n) is 16.4. The normalized spacial score (nSPS) is 19.0. The van der Waals surface area contributed by atoms with E-state index in [1.54, 1.807) is 20.8 Å². The molecule has 1 aliphatic heterocycles. The van der Waals surface area contributed by atoms with E-state index in [0.717, 1.165) is 13.0 Å². The van der Waals surface area contributed by atoms with Crippen LogP contribution in [-0.2, 0) is 9.53 Å². The summed E-state index contributed by atoms with van der Waals surface area (Å²) in [4.78, 5) is 27.3. The van der Waals surface area contributed by atoms with Gasteiger partial charge < -0.3 is 9.84 Å². The van der Waals surface area contributed by atoms with Crippen LogP contribution in [0.1, 0.15) is 72.6 Å². The summed E-state index contributed by atoms with van der Waals surface area (Å²) in [7, 11) is 0. The molecule has 1 atom stereocenters. The standard InChI is InChI=1S/C19H36N2O4/c1-5-6-7-8-9-10-11-12-20-13-14-21(16(15-20)17(22)23)18(24)25-19(2,3)4/h16H,5-15H2,1-4H3,(H,22,23). The first-order valence-electron chi connectivity index (χ1n) is 9.69. The molecule has 0 aromatic heterocycles. The van der Waals surface area contributed by atoms with Crippen molar-refractivity contribution in [3.63, 3.8) is 0 Å². The van der Waals surface area contributed by atoms with Crippen molar-refractivity contribution in [3.05, 3.63) is 0 Å². The van der Waals surface area contributed by atoms with Gasteiger partial charge in [-0.3, -0.25) is 9.80 Å². The molecule has 25 heavy (non-hydrogen) atoms. The number of piperazine rings is 1. The van der Waals surface area contributed by atoms with Crippen LogP contribution in [0.2, 0.25) is 0 Å². The van der Waals surface area contributed by atoms with Crippen molar-refractivity contribution in [2.75, 3.05) is 26.2 Å². The Morgan fingerprint density at radius 2 is 1.64 bits per heavy atom. The van der Waals surface area contributed by atoms with E-state index >= 15 is 0 Å². The van der Waals surface area contributed by atoms with Crippen LogP contribution >= 0.6 is 0 Å². The smallest absolute Gasteiger partial charge is 0.411 e. The molecule has 0 aliphatic carbocycles. The van der Waals surface area contributed by atoms with Gasteiger partial charge in [0.1, 0.15) is 11.6 Å². The maximum absolute atomic E-state index is 12.2. The third kappa shape index (κ3) is 8.56. The Morgan fingerprint density at radius 1 is 1.04 bits per heavy atom. The molecule has 0 radical (unpaired) electrons. The number of carboxylic acids is 1. The van der Waals surface area contributed by atoms with Gasteiger partial charge in [-0.1, -0.05) is 45.4 Å². The fourth-order valence-corrected chi connectivity index (χ4v) is 3.09. The van der Waals surface area contributed by atoms with Crippen LogP contribution < -0.4 is 0 Å². The van der Waals surface area contributed by atoms with Crippen molar-refractivity contribution >= 4 is 12.1 Å². The number of nitrogens with zero attached hydrogens (tertiary/aromatic N) is 2. The summed E-state index contributed by atoms with van der Waals surface area (Å²) in [6, 6.07) is -0.826. The number of unbranched alkanes of at least 4 members (excludes halogenated alkanes) is 6. The molecular weight excluding hydrogens is 320 g/mol. The van der Waals surface area contributed by atoms with Crippen molar-refractivity contribution in [1.82, 2.24) is 9.80 Å². The van der Waals surface area contributed by atoms with E-state index in [0.29, 0.717) is 19.6 Å². The summed E-state index contributed by atoms with van der Waals surface area (Å²) in [6.45, 7) is 9.98. The Kier molecular flexibility index (Phi) is 9.25. The van der Waals surface area contributed by atoms with E-state index in [-0.39, 0.29) is 0 Å². The van der Waals surface area contributed by atoms with E-state index in [9.17, 15) is 14.7 Å². The van der Waals surface area contributed by atoms with Gasteiger partial charge in [0.05, 0.1) is 0 Å². The number of rotatable bonds is 9. The maximum atomic E-state index is 12.2. The van der Waals surface area contributed by atoms with E-state index in [4.69, 9.17) is 4.74 Å². The predicted octanol–water partition coefficient (Wildman–Crippen LogP) is 3.74. The SMILES string of the molecule is CCCCCCCCCN1CCN(C(=O)OC(C)(C)C)C(C(=O)O)C1. The number of hydrogen-bond acceptors (Lipinski definition) is 4. The number of carboxylic acid groups (broad SMARTS) is 1. The summed E-state index contributed by atoms with van der Waals surface area (Å²) < 4.78 is 5.34. The lowest BCUT2D eigenvalue weighted by atomic mass is 10.1. The molecule has 0 aromatic carbocycles. The van der Waals surface area contributed by atoms with Gasteiger partial charge in [0, 0.05) is 19.6 Å². The fraction of sp³-hybridized carbons (Fsp3) is 0.895. The van der Waals surface area contributed by atoms with Crippen molar-refractivity contribution in [3.8, 4) is 0 Å². The maximum Gasteiger partial charge on any atom is 0.411 e. The van der Waals surface area contributed by atoms with Crippen LogP contribution in [0, 0.1) is 0 Å². The van der Waals surface area contributed by atoms with Gasteiger partial charge in [-0.2, -0.15) is 0 Å². The van der Waals surface area contributed by atoms with Crippen LogP contribution in [-0.4, -0.2) is 64.8 Å². The van der Waals surface area contributed by atoms with Crippen LogP contribution in [0.5, 0.6) is 0 Å². The average molecular weight is 357 g/mol. The second-order valence-electron chi connectivity index (χ2n) is 7.95. The molecule has 0 aromatic rings. The lowest BCUT2D eigenvalue weighted by Gasteiger charge is -2.39. The van der Waals surface area contributed by atoms with E-state index < -0.39 is 23.7 Å². The van der Waals surface area contributed by atoms with Gasteiger partial charge in [-0.25, -0.2) is 9.59 Å². The highest BCUT2D eigenvalue weighted by atomic mass is 16.6. The van der Waals surface area contributed by atoms with E-state index in [1.807, 2.05) is 0 Å². The lowest BCUT2D eigenvalue weighted by molar-refractivity contribution is -0.145. The van der Waals surface area contributed by atoms with Gasteiger partial charge >= 0.3 is 12.1 Å². The Balaban J connectivity index is 2.39. The Bertz CT molecular complexity index is 420. The fourth-order valence-electron chi connectivity index (χ4n) is 3.09. The third-order valence-corrected chi connectivity index (χ3v) is 4.46. The monoisotopic (exact) mass is 356 g/mol. The first-order chi connectivity index (χ1) is 11.7. The molecular formula is C19H36N2O4. The molecule has 1 unspecified atom stereocenters.